The number of amides is 1. The number of carbonyl (C=O) groups excluding carboxylic acids is 2. The fraction of sp³-hybridized carbons (Fsp3) is 0.500. The minimum Gasteiger partial charge on any atom is -0.466 e. The van der Waals surface area contributed by atoms with Crippen molar-refractivity contribution in [1.29, 1.82) is 0 Å². The minimum atomic E-state index is -0.233. The molecule has 0 aliphatic rings. The van der Waals surface area contributed by atoms with Gasteiger partial charge in [0.25, 0.3) is 0 Å². The standard InChI is InChI=1S/C16H23NO3/c1-3-5-6-7-15(18)17-14-10-8-13(9-11-14)12-16(19)20-4-2/h8-11H,3-7,12H2,1-2H3,(H,17,18). The van der Waals surface area contributed by atoms with Gasteiger partial charge in [-0.2, -0.15) is 0 Å². The van der Waals surface area contributed by atoms with E-state index in [0.29, 0.717) is 13.0 Å². The van der Waals surface area contributed by atoms with Gasteiger partial charge in [-0.05, 0) is 31.0 Å². The Kier molecular flexibility index (Phi) is 7.40. The van der Waals surface area contributed by atoms with Crippen LogP contribution in [0.1, 0.15) is 45.1 Å². The summed E-state index contributed by atoms with van der Waals surface area (Å²) in [7, 11) is 0. The van der Waals surface area contributed by atoms with Crippen LogP contribution >= 0.6 is 0 Å². The number of unbranched alkanes of at least 4 members (excludes halogenated alkanes) is 2. The average Bonchev–Trinajstić information content (AvgIpc) is 2.41. The average molecular weight is 277 g/mol. The van der Waals surface area contributed by atoms with Gasteiger partial charge in [-0.1, -0.05) is 31.9 Å². The molecule has 0 aliphatic heterocycles. The van der Waals surface area contributed by atoms with Crippen LogP contribution in [0.25, 0.3) is 0 Å². The number of benzene rings is 1. The summed E-state index contributed by atoms with van der Waals surface area (Å²) in [6, 6.07) is 7.29. The molecule has 0 aromatic heterocycles. The molecule has 110 valence electrons. The van der Waals surface area contributed by atoms with Gasteiger partial charge in [0.1, 0.15) is 0 Å². The number of carbonyl (C=O) groups is 2. The molecular formula is C16H23NO3. The largest absolute Gasteiger partial charge is 0.466 e. The molecule has 4 nitrogen and oxygen atoms in total. The number of ether oxygens (including phenoxy) is 1. The third-order valence-corrected chi connectivity index (χ3v) is 2.90. The van der Waals surface area contributed by atoms with Crippen LogP contribution in [0.15, 0.2) is 24.3 Å². The molecule has 0 saturated heterocycles. The van der Waals surface area contributed by atoms with Crippen LogP contribution in [0.2, 0.25) is 0 Å². The van der Waals surface area contributed by atoms with Gasteiger partial charge < -0.3 is 10.1 Å². The lowest BCUT2D eigenvalue weighted by Crippen LogP contribution is -2.11. The fourth-order valence-electron chi connectivity index (χ4n) is 1.84. The molecule has 0 unspecified atom stereocenters. The monoisotopic (exact) mass is 277 g/mol. The van der Waals surface area contributed by atoms with E-state index in [-0.39, 0.29) is 18.3 Å². The first-order valence-corrected chi connectivity index (χ1v) is 7.20. The Bertz CT molecular complexity index is 426. The summed E-state index contributed by atoms with van der Waals surface area (Å²) in [6.45, 7) is 4.29. The van der Waals surface area contributed by atoms with Crippen LogP contribution in [0, 0.1) is 0 Å². The zero-order valence-corrected chi connectivity index (χ0v) is 12.3. The van der Waals surface area contributed by atoms with Gasteiger partial charge in [-0.3, -0.25) is 9.59 Å². The first kappa shape index (κ1) is 16.2. The quantitative estimate of drug-likeness (QED) is 0.586. The second-order valence-corrected chi connectivity index (χ2v) is 4.68. The summed E-state index contributed by atoms with van der Waals surface area (Å²) in [5.74, 6) is -0.194. The maximum absolute atomic E-state index is 11.6. The molecule has 4 heteroatoms. The molecule has 1 aromatic carbocycles. The molecule has 1 rings (SSSR count). The summed E-state index contributed by atoms with van der Waals surface area (Å²) in [6.07, 6.45) is 3.92. The number of anilines is 1. The SMILES string of the molecule is CCCCCC(=O)Nc1ccc(CC(=O)OCC)cc1. The Morgan fingerprint density at radius 2 is 1.80 bits per heavy atom. The highest BCUT2D eigenvalue weighted by molar-refractivity contribution is 5.90. The maximum atomic E-state index is 11.6. The Hall–Kier alpha value is -1.84. The van der Waals surface area contributed by atoms with Crippen molar-refractivity contribution in [3.63, 3.8) is 0 Å². The zero-order chi connectivity index (χ0) is 14.8. The summed E-state index contributed by atoms with van der Waals surface area (Å²) in [5.41, 5.74) is 1.64. The molecule has 0 bridgehead atoms. The highest BCUT2D eigenvalue weighted by Crippen LogP contribution is 2.11. The number of esters is 1. The van der Waals surface area contributed by atoms with Crippen molar-refractivity contribution in [2.75, 3.05) is 11.9 Å². The fourth-order valence-corrected chi connectivity index (χ4v) is 1.84. The van der Waals surface area contributed by atoms with E-state index in [1.54, 1.807) is 6.92 Å². The van der Waals surface area contributed by atoms with Crippen molar-refractivity contribution in [3.05, 3.63) is 29.8 Å². The highest BCUT2D eigenvalue weighted by Gasteiger charge is 2.05. The van der Waals surface area contributed by atoms with Crippen molar-refractivity contribution in [3.8, 4) is 0 Å². The smallest absolute Gasteiger partial charge is 0.310 e. The minimum absolute atomic E-state index is 0.0385. The van der Waals surface area contributed by atoms with E-state index in [2.05, 4.69) is 12.2 Å². The van der Waals surface area contributed by atoms with Gasteiger partial charge in [-0.25, -0.2) is 0 Å². The van der Waals surface area contributed by atoms with E-state index in [4.69, 9.17) is 4.74 Å². The Morgan fingerprint density at radius 1 is 1.10 bits per heavy atom. The van der Waals surface area contributed by atoms with Gasteiger partial charge in [0, 0.05) is 12.1 Å². The summed E-state index contributed by atoms with van der Waals surface area (Å²) in [5, 5.41) is 2.85. The third kappa shape index (κ3) is 6.36. The summed E-state index contributed by atoms with van der Waals surface area (Å²) < 4.78 is 4.89. The molecule has 1 N–H and O–H groups in total. The molecule has 1 aromatic rings. The first-order valence-electron chi connectivity index (χ1n) is 7.20. The van der Waals surface area contributed by atoms with Crippen molar-refractivity contribution < 1.29 is 14.3 Å². The summed E-state index contributed by atoms with van der Waals surface area (Å²) in [4.78, 5) is 23.0. The van der Waals surface area contributed by atoms with Gasteiger partial charge >= 0.3 is 5.97 Å². The Morgan fingerprint density at radius 3 is 2.40 bits per heavy atom. The number of hydrogen-bond acceptors (Lipinski definition) is 3. The second-order valence-electron chi connectivity index (χ2n) is 4.68. The van der Waals surface area contributed by atoms with Crippen LogP contribution in [0.3, 0.4) is 0 Å². The molecule has 0 heterocycles. The van der Waals surface area contributed by atoms with Crippen LogP contribution in [0.4, 0.5) is 5.69 Å². The first-order chi connectivity index (χ1) is 9.65. The van der Waals surface area contributed by atoms with Crippen molar-refractivity contribution in [2.24, 2.45) is 0 Å². The molecule has 0 spiro atoms. The Labute approximate surface area is 120 Å². The number of hydrogen-bond donors (Lipinski definition) is 1. The molecule has 0 saturated carbocycles. The van der Waals surface area contributed by atoms with E-state index in [9.17, 15) is 9.59 Å². The molecule has 0 aliphatic carbocycles. The molecular weight excluding hydrogens is 254 g/mol. The van der Waals surface area contributed by atoms with Crippen molar-refractivity contribution >= 4 is 17.6 Å². The lowest BCUT2D eigenvalue weighted by Gasteiger charge is -2.06. The summed E-state index contributed by atoms with van der Waals surface area (Å²) >= 11 is 0. The molecule has 0 radical (unpaired) electrons. The van der Waals surface area contributed by atoms with E-state index in [1.165, 1.54) is 0 Å². The van der Waals surface area contributed by atoms with Crippen LogP contribution in [-0.2, 0) is 20.7 Å². The maximum Gasteiger partial charge on any atom is 0.310 e. The van der Waals surface area contributed by atoms with Crippen LogP contribution in [-0.4, -0.2) is 18.5 Å². The van der Waals surface area contributed by atoms with Gasteiger partial charge in [-0.15, -0.1) is 0 Å². The van der Waals surface area contributed by atoms with Gasteiger partial charge in [0.05, 0.1) is 13.0 Å². The number of rotatable bonds is 8. The van der Waals surface area contributed by atoms with Crippen molar-refractivity contribution in [1.82, 2.24) is 0 Å². The van der Waals surface area contributed by atoms with Crippen molar-refractivity contribution in [2.45, 2.75) is 46.0 Å². The van der Waals surface area contributed by atoms with Crippen LogP contribution < -0.4 is 5.32 Å². The lowest BCUT2D eigenvalue weighted by molar-refractivity contribution is -0.142. The molecule has 0 atom stereocenters. The van der Waals surface area contributed by atoms with E-state index < -0.39 is 0 Å². The normalized spacial score (nSPS) is 10.1. The van der Waals surface area contributed by atoms with Gasteiger partial charge in [0.2, 0.25) is 5.91 Å². The van der Waals surface area contributed by atoms with Crippen LogP contribution in [0.5, 0.6) is 0 Å². The zero-order valence-electron chi connectivity index (χ0n) is 12.3. The highest BCUT2D eigenvalue weighted by atomic mass is 16.5. The van der Waals surface area contributed by atoms with E-state index in [1.807, 2.05) is 24.3 Å². The predicted octanol–water partition coefficient (Wildman–Crippen LogP) is 3.31. The van der Waals surface area contributed by atoms with E-state index in [0.717, 1.165) is 30.5 Å². The van der Waals surface area contributed by atoms with E-state index >= 15 is 0 Å². The number of nitrogens with one attached hydrogen (secondary N) is 1. The molecule has 0 fully saturated rings. The predicted molar refractivity (Wildman–Crippen MR) is 79.6 cm³/mol. The lowest BCUT2D eigenvalue weighted by atomic mass is 10.1. The molecule has 1 amide bonds. The topological polar surface area (TPSA) is 55.4 Å². The van der Waals surface area contributed by atoms with Gasteiger partial charge in [0.15, 0.2) is 0 Å². The molecule has 20 heavy (non-hydrogen) atoms. The Balaban J connectivity index is 2.42. The third-order valence-electron chi connectivity index (χ3n) is 2.90. The second kappa shape index (κ2) is 9.13.